The third kappa shape index (κ3) is 5.17. The van der Waals surface area contributed by atoms with Gasteiger partial charge >= 0.3 is 0 Å². The molecule has 0 radical (unpaired) electrons. The molecule has 2 aliphatic rings. The number of fused-ring (bicyclic) bond motifs is 1. The van der Waals surface area contributed by atoms with Crippen molar-refractivity contribution in [1.29, 1.82) is 0 Å². The number of piperidine rings is 2. The Morgan fingerprint density at radius 3 is 2.55 bits per heavy atom. The first-order valence-corrected chi connectivity index (χ1v) is 11.9. The number of halogens is 1. The maximum Gasteiger partial charge on any atom is 0.246 e. The number of rotatable bonds is 5. The van der Waals surface area contributed by atoms with E-state index in [4.69, 9.17) is 4.52 Å². The molecule has 0 bridgehead atoms. The first kappa shape index (κ1) is 21.8. The van der Waals surface area contributed by atoms with Gasteiger partial charge in [-0.3, -0.25) is 4.79 Å². The summed E-state index contributed by atoms with van der Waals surface area (Å²) < 4.78 is 18.8. The van der Waals surface area contributed by atoms with Gasteiger partial charge in [-0.25, -0.2) is 4.39 Å². The van der Waals surface area contributed by atoms with Crippen LogP contribution in [0.3, 0.4) is 0 Å². The van der Waals surface area contributed by atoms with Crippen LogP contribution < -0.4 is 0 Å². The van der Waals surface area contributed by atoms with Gasteiger partial charge in [0.05, 0.1) is 5.69 Å². The smallest absolute Gasteiger partial charge is 0.246 e. The van der Waals surface area contributed by atoms with Crippen LogP contribution in [0.2, 0.25) is 0 Å². The second kappa shape index (κ2) is 9.87. The lowest BCUT2D eigenvalue weighted by Crippen LogP contribution is -2.42. The van der Waals surface area contributed by atoms with E-state index in [9.17, 15) is 9.18 Å². The molecule has 1 aromatic heterocycles. The summed E-state index contributed by atoms with van der Waals surface area (Å²) in [4.78, 5) is 17.0. The van der Waals surface area contributed by atoms with Gasteiger partial charge in [0, 0.05) is 43.1 Å². The largest absolute Gasteiger partial charge is 0.356 e. The number of hydrogen-bond donors (Lipinski definition) is 0. The van der Waals surface area contributed by atoms with E-state index >= 15 is 0 Å². The quantitative estimate of drug-likeness (QED) is 0.511. The molecule has 0 aliphatic carbocycles. The van der Waals surface area contributed by atoms with Crippen LogP contribution in [0.15, 0.2) is 59.1 Å². The summed E-state index contributed by atoms with van der Waals surface area (Å²) in [5, 5.41) is 5.19. The number of nitrogens with zero attached hydrogens (tertiary/aromatic N) is 3. The third-order valence-electron chi connectivity index (χ3n) is 7.10. The monoisotopic (exact) mass is 447 g/mol. The van der Waals surface area contributed by atoms with Crippen molar-refractivity contribution < 1.29 is 13.7 Å². The van der Waals surface area contributed by atoms with E-state index in [1.807, 2.05) is 41.3 Å². The summed E-state index contributed by atoms with van der Waals surface area (Å²) in [6, 6.07) is 14.6. The Bertz CT molecular complexity index is 1110. The summed E-state index contributed by atoms with van der Waals surface area (Å²) in [6.07, 6.45) is 7.80. The summed E-state index contributed by atoms with van der Waals surface area (Å²) in [5.41, 5.74) is 2.56. The second-order valence-corrected chi connectivity index (χ2v) is 9.30. The highest BCUT2D eigenvalue weighted by molar-refractivity contribution is 5.91. The van der Waals surface area contributed by atoms with Gasteiger partial charge in [-0.1, -0.05) is 35.5 Å². The predicted molar refractivity (Wildman–Crippen MR) is 127 cm³/mol. The molecular formula is C27H30FN3O2. The van der Waals surface area contributed by atoms with Crippen molar-refractivity contribution in [3.63, 3.8) is 0 Å². The zero-order valence-electron chi connectivity index (χ0n) is 18.8. The Morgan fingerprint density at radius 1 is 1.03 bits per heavy atom. The molecule has 0 unspecified atom stereocenters. The molecule has 172 valence electrons. The van der Waals surface area contributed by atoms with Crippen molar-refractivity contribution in [2.75, 3.05) is 32.7 Å². The van der Waals surface area contributed by atoms with Gasteiger partial charge in [0.15, 0.2) is 5.58 Å². The van der Waals surface area contributed by atoms with Crippen LogP contribution in [0, 0.1) is 11.7 Å². The number of hydrogen-bond acceptors (Lipinski definition) is 4. The minimum Gasteiger partial charge on any atom is -0.356 e. The molecule has 2 aromatic carbocycles. The van der Waals surface area contributed by atoms with Crippen molar-refractivity contribution in [2.24, 2.45) is 5.92 Å². The maximum atomic E-state index is 13.4. The lowest BCUT2D eigenvalue weighted by Gasteiger charge is -2.37. The fraction of sp³-hybridized carbons (Fsp3) is 0.407. The minimum absolute atomic E-state index is 0.109. The average Bonchev–Trinajstić information content (AvgIpc) is 3.27. The average molecular weight is 448 g/mol. The van der Waals surface area contributed by atoms with Crippen LogP contribution in [0.25, 0.3) is 17.0 Å². The van der Waals surface area contributed by atoms with Crippen LogP contribution in [0.4, 0.5) is 4.39 Å². The number of likely N-dealkylation sites (tertiary alicyclic amines) is 2. The third-order valence-corrected chi connectivity index (χ3v) is 7.10. The van der Waals surface area contributed by atoms with Crippen molar-refractivity contribution >= 4 is 23.0 Å². The zero-order chi connectivity index (χ0) is 22.6. The molecule has 3 aromatic rings. The van der Waals surface area contributed by atoms with Crippen molar-refractivity contribution in [3.05, 3.63) is 71.7 Å². The molecule has 0 spiro atoms. The number of carbonyl (C=O) groups excluding carboxylic acids is 1. The molecule has 3 heterocycles. The first-order valence-electron chi connectivity index (χ1n) is 11.9. The van der Waals surface area contributed by atoms with Gasteiger partial charge < -0.3 is 14.3 Å². The minimum atomic E-state index is -0.292. The SMILES string of the molecule is O=C(/C=C/c1ccccc1)N1CCC(CN2CCC(c3noc4cc(F)ccc34)CC2)CC1. The Balaban J connectivity index is 1.08. The number of carbonyl (C=O) groups is 1. The highest BCUT2D eigenvalue weighted by Gasteiger charge is 2.28. The molecule has 5 rings (SSSR count). The molecule has 1 amide bonds. The maximum absolute atomic E-state index is 13.4. The molecule has 2 aliphatic heterocycles. The van der Waals surface area contributed by atoms with Crippen LogP contribution in [0.1, 0.15) is 42.9 Å². The normalized spacial score (nSPS) is 19.0. The van der Waals surface area contributed by atoms with E-state index in [1.165, 1.54) is 12.1 Å². The first-order chi connectivity index (χ1) is 16.2. The van der Waals surface area contributed by atoms with Crippen molar-refractivity contribution in [1.82, 2.24) is 15.0 Å². The van der Waals surface area contributed by atoms with Gasteiger partial charge in [-0.05, 0) is 68.5 Å². The lowest BCUT2D eigenvalue weighted by atomic mass is 9.90. The number of amides is 1. The molecule has 0 saturated carbocycles. The molecular weight excluding hydrogens is 417 g/mol. The van der Waals surface area contributed by atoms with E-state index in [0.29, 0.717) is 17.4 Å². The summed E-state index contributed by atoms with van der Waals surface area (Å²) >= 11 is 0. The summed E-state index contributed by atoms with van der Waals surface area (Å²) in [6.45, 7) is 4.85. The second-order valence-electron chi connectivity index (χ2n) is 9.30. The molecule has 5 nitrogen and oxygen atoms in total. The zero-order valence-corrected chi connectivity index (χ0v) is 18.8. The molecule has 0 atom stereocenters. The van der Waals surface area contributed by atoms with Gasteiger partial charge in [0.2, 0.25) is 5.91 Å². The highest BCUT2D eigenvalue weighted by Crippen LogP contribution is 2.33. The van der Waals surface area contributed by atoms with Crippen LogP contribution in [-0.4, -0.2) is 53.6 Å². The topological polar surface area (TPSA) is 49.6 Å². The number of aromatic nitrogens is 1. The number of benzene rings is 2. The molecule has 6 heteroatoms. The summed E-state index contributed by atoms with van der Waals surface area (Å²) in [5.74, 6) is 0.821. The van der Waals surface area contributed by atoms with Crippen LogP contribution in [0.5, 0.6) is 0 Å². The lowest BCUT2D eigenvalue weighted by molar-refractivity contribution is -0.127. The van der Waals surface area contributed by atoms with Crippen molar-refractivity contribution in [2.45, 2.75) is 31.6 Å². The molecule has 33 heavy (non-hydrogen) atoms. The Hall–Kier alpha value is -2.99. The van der Waals surface area contributed by atoms with E-state index in [2.05, 4.69) is 10.1 Å². The Morgan fingerprint density at radius 2 is 1.79 bits per heavy atom. The molecule has 2 fully saturated rings. The van der Waals surface area contributed by atoms with Gasteiger partial charge in [0.1, 0.15) is 5.82 Å². The van der Waals surface area contributed by atoms with E-state index in [-0.39, 0.29) is 11.7 Å². The summed E-state index contributed by atoms with van der Waals surface area (Å²) in [7, 11) is 0. The molecule has 0 N–H and O–H groups in total. The van der Waals surface area contributed by atoms with E-state index in [0.717, 1.165) is 75.1 Å². The Kier molecular flexibility index (Phi) is 6.53. The fourth-order valence-corrected chi connectivity index (χ4v) is 5.15. The predicted octanol–water partition coefficient (Wildman–Crippen LogP) is 5.10. The fourth-order valence-electron chi connectivity index (χ4n) is 5.15. The van der Waals surface area contributed by atoms with Gasteiger partial charge in [-0.15, -0.1) is 0 Å². The Labute approximate surface area is 193 Å². The van der Waals surface area contributed by atoms with Gasteiger partial charge in [-0.2, -0.15) is 0 Å². The van der Waals surface area contributed by atoms with Gasteiger partial charge in [0.25, 0.3) is 0 Å². The van der Waals surface area contributed by atoms with Crippen LogP contribution in [-0.2, 0) is 4.79 Å². The van der Waals surface area contributed by atoms with E-state index < -0.39 is 0 Å². The van der Waals surface area contributed by atoms with Crippen molar-refractivity contribution in [3.8, 4) is 0 Å². The van der Waals surface area contributed by atoms with Crippen LogP contribution >= 0.6 is 0 Å². The van der Waals surface area contributed by atoms with E-state index in [1.54, 1.807) is 12.1 Å². The standard InChI is InChI=1S/C27H30FN3O2/c28-23-7-8-24-25(18-23)33-29-27(24)22-12-14-30(15-13-22)19-21-10-16-31(17-11-21)26(32)9-6-20-4-2-1-3-5-20/h1-9,18,21-22H,10-17,19H2/b9-6+. The highest BCUT2D eigenvalue weighted by atomic mass is 19.1. The molecule has 2 saturated heterocycles.